The topological polar surface area (TPSA) is 84.3 Å². The van der Waals surface area contributed by atoms with Crippen molar-refractivity contribution in [2.24, 2.45) is 5.92 Å². The van der Waals surface area contributed by atoms with E-state index in [1.54, 1.807) is 6.92 Å². The van der Waals surface area contributed by atoms with Gasteiger partial charge in [-0.3, -0.25) is 0 Å². The highest BCUT2D eigenvalue weighted by Gasteiger charge is 2.40. The quantitative estimate of drug-likeness (QED) is 0.855. The lowest BCUT2D eigenvalue weighted by Crippen LogP contribution is -2.32. The van der Waals surface area contributed by atoms with E-state index in [2.05, 4.69) is 15.3 Å². The first-order chi connectivity index (χ1) is 9.13. The van der Waals surface area contributed by atoms with E-state index in [1.807, 2.05) is 0 Å². The van der Waals surface area contributed by atoms with E-state index in [4.69, 9.17) is 9.84 Å². The van der Waals surface area contributed by atoms with E-state index >= 15 is 0 Å². The van der Waals surface area contributed by atoms with Gasteiger partial charge in [-0.1, -0.05) is 0 Å². The number of ether oxygens (including phenoxy) is 1. The smallest absolute Gasteiger partial charge is 0.354 e. The van der Waals surface area contributed by atoms with Crippen molar-refractivity contribution in [2.45, 2.75) is 38.3 Å². The molecule has 1 aromatic heterocycles. The highest BCUT2D eigenvalue weighted by atomic mass is 16.5. The lowest BCUT2D eigenvalue weighted by molar-refractivity contribution is 0.0690. The number of hydrogen-bond donors (Lipinski definition) is 2. The maximum atomic E-state index is 11.0. The molecule has 2 N–H and O–H groups in total. The highest BCUT2D eigenvalue weighted by Crippen LogP contribution is 2.39. The third-order valence-corrected chi connectivity index (χ3v) is 3.61. The largest absolute Gasteiger partial charge is 0.477 e. The lowest BCUT2D eigenvalue weighted by Gasteiger charge is -2.19. The number of aryl methyl sites for hydroxylation is 1. The average molecular weight is 263 g/mol. The zero-order valence-corrected chi connectivity index (χ0v) is 10.8. The fraction of sp³-hybridized carbons (Fsp3) is 0.615. The molecule has 1 saturated heterocycles. The van der Waals surface area contributed by atoms with Crippen molar-refractivity contribution in [1.82, 2.24) is 9.97 Å². The predicted octanol–water partition coefficient (Wildman–Crippen LogP) is 1.46. The number of nitrogens with one attached hydrogen (secondary N) is 1. The number of carboxylic acids is 1. The number of aromatic nitrogens is 2. The van der Waals surface area contributed by atoms with Gasteiger partial charge in [0.15, 0.2) is 5.69 Å². The van der Waals surface area contributed by atoms with Gasteiger partial charge >= 0.3 is 5.97 Å². The van der Waals surface area contributed by atoms with Gasteiger partial charge in [0.05, 0.1) is 12.1 Å². The molecule has 0 bridgehead atoms. The third-order valence-electron chi connectivity index (χ3n) is 3.61. The van der Waals surface area contributed by atoms with E-state index in [0.29, 0.717) is 17.6 Å². The number of rotatable bonds is 4. The number of carboxylic acid groups (broad SMARTS) is 1. The summed E-state index contributed by atoms with van der Waals surface area (Å²) in [7, 11) is 0. The molecule has 1 saturated carbocycles. The van der Waals surface area contributed by atoms with Crippen molar-refractivity contribution in [3.8, 4) is 0 Å². The molecule has 2 aliphatic rings. The Morgan fingerprint density at radius 1 is 1.42 bits per heavy atom. The molecule has 6 nitrogen and oxygen atoms in total. The maximum Gasteiger partial charge on any atom is 0.354 e. The van der Waals surface area contributed by atoms with E-state index in [0.717, 1.165) is 13.0 Å². The Kier molecular flexibility index (Phi) is 3.10. The summed E-state index contributed by atoms with van der Waals surface area (Å²) in [5.41, 5.74) is 0.675. The van der Waals surface area contributed by atoms with E-state index in [-0.39, 0.29) is 17.8 Å². The third kappa shape index (κ3) is 2.68. The molecule has 1 aromatic rings. The zero-order valence-electron chi connectivity index (χ0n) is 10.8. The van der Waals surface area contributed by atoms with E-state index in [9.17, 15) is 4.79 Å². The van der Waals surface area contributed by atoms with Crippen molar-refractivity contribution in [2.75, 3.05) is 11.9 Å². The molecule has 0 spiro atoms. The normalized spacial score (nSPS) is 26.4. The molecule has 0 radical (unpaired) electrons. The first-order valence-electron chi connectivity index (χ1n) is 6.60. The predicted molar refractivity (Wildman–Crippen MR) is 68.2 cm³/mol. The van der Waals surface area contributed by atoms with Crippen molar-refractivity contribution >= 4 is 11.9 Å². The van der Waals surface area contributed by atoms with Crippen molar-refractivity contribution < 1.29 is 14.6 Å². The van der Waals surface area contributed by atoms with Crippen LogP contribution < -0.4 is 5.32 Å². The molecule has 3 rings (SSSR count). The second-order valence-electron chi connectivity index (χ2n) is 5.24. The Morgan fingerprint density at radius 3 is 2.89 bits per heavy atom. The van der Waals surface area contributed by atoms with Crippen LogP contribution in [0.15, 0.2) is 6.07 Å². The van der Waals surface area contributed by atoms with Crippen LogP contribution >= 0.6 is 0 Å². The number of anilines is 1. The Morgan fingerprint density at radius 2 is 2.21 bits per heavy atom. The van der Waals surface area contributed by atoms with Crippen molar-refractivity contribution in [1.29, 1.82) is 0 Å². The number of aromatic carboxylic acids is 1. The van der Waals surface area contributed by atoms with Crippen LogP contribution in [0.25, 0.3) is 0 Å². The van der Waals surface area contributed by atoms with Crippen LogP contribution in [0.5, 0.6) is 0 Å². The van der Waals surface area contributed by atoms with Crippen LogP contribution in [0.4, 0.5) is 5.95 Å². The first kappa shape index (κ1) is 12.3. The van der Waals surface area contributed by atoms with E-state index in [1.165, 1.54) is 18.9 Å². The summed E-state index contributed by atoms with van der Waals surface area (Å²) in [5, 5.41) is 12.2. The standard InChI is InChI=1S/C13H17N3O3/c1-7-6-10(12(17)18)16-13(14-7)15-9-4-5-19-11(9)8-2-3-8/h6,8-9,11H,2-5H2,1H3,(H,17,18)(H,14,15,16)/t9-,11+/m1/s1. The monoisotopic (exact) mass is 263 g/mol. The zero-order chi connectivity index (χ0) is 13.4. The van der Waals surface area contributed by atoms with Crippen LogP contribution in [0, 0.1) is 12.8 Å². The molecular weight excluding hydrogens is 246 g/mol. The van der Waals surface area contributed by atoms with Gasteiger partial charge in [-0.05, 0) is 38.2 Å². The fourth-order valence-corrected chi connectivity index (χ4v) is 2.56. The summed E-state index contributed by atoms with van der Waals surface area (Å²) in [5.74, 6) is -0.00253. The second-order valence-corrected chi connectivity index (χ2v) is 5.24. The van der Waals surface area contributed by atoms with Gasteiger partial charge in [-0.2, -0.15) is 0 Å². The van der Waals surface area contributed by atoms with Crippen LogP contribution in [0.2, 0.25) is 0 Å². The fourth-order valence-electron chi connectivity index (χ4n) is 2.56. The number of nitrogens with zero attached hydrogens (tertiary/aromatic N) is 2. The van der Waals surface area contributed by atoms with Crippen LogP contribution in [0.1, 0.15) is 35.4 Å². The molecular formula is C13H17N3O3. The summed E-state index contributed by atoms with van der Waals surface area (Å²) in [6.45, 7) is 2.51. The number of carbonyl (C=O) groups is 1. The summed E-state index contributed by atoms with van der Waals surface area (Å²) >= 11 is 0. The molecule has 6 heteroatoms. The average Bonchev–Trinajstić information content (AvgIpc) is 3.10. The highest BCUT2D eigenvalue weighted by molar-refractivity contribution is 5.85. The van der Waals surface area contributed by atoms with E-state index < -0.39 is 5.97 Å². The van der Waals surface area contributed by atoms with Gasteiger partial charge in [0.1, 0.15) is 0 Å². The van der Waals surface area contributed by atoms with Gasteiger partial charge in [0.25, 0.3) is 0 Å². The second kappa shape index (κ2) is 4.77. The van der Waals surface area contributed by atoms with Gasteiger partial charge in [-0.15, -0.1) is 0 Å². The molecule has 1 aliphatic heterocycles. The molecule has 2 heterocycles. The molecule has 1 aliphatic carbocycles. The molecule has 2 fully saturated rings. The molecule has 102 valence electrons. The lowest BCUT2D eigenvalue weighted by atomic mass is 10.1. The van der Waals surface area contributed by atoms with Gasteiger partial charge in [-0.25, -0.2) is 14.8 Å². The van der Waals surface area contributed by atoms with Gasteiger partial charge in [0, 0.05) is 12.3 Å². The summed E-state index contributed by atoms with van der Waals surface area (Å²) in [6, 6.07) is 1.66. The Hall–Kier alpha value is -1.69. The van der Waals surface area contributed by atoms with Crippen molar-refractivity contribution in [3.63, 3.8) is 0 Å². The molecule has 0 aromatic carbocycles. The minimum Gasteiger partial charge on any atom is -0.477 e. The van der Waals surface area contributed by atoms with Crippen LogP contribution in [-0.4, -0.2) is 39.8 Å². The van der Waals surface area contributed by atoms with Gasteiger partial charge < -0.3 is 15.2 Å². The SMILES string of the molecule is Cc1cc(C(=O)O)nc(N[C@@H]2CCO[C@H]2C2CC2)n1. The Labute approximate surface area is 111 Å². The molecule has 2 atom stereocenters. The number of hydrogen-bond acceptors (Lipinski definition) is 5. The minimum atomic E-state index is -1.03. The molecule has 0 amide bonds. The van der Waals surface area contributed by atoms with Crippen molar-refractivity contribution in [3.05, 3.63) is 17.5 Å². The summed E-state index contributed by atoms with van der Waals surface area (Å²) in [4.78, 5) is 19.3. The Bertz CT molecular complexity index is 502. The summed E-state index contributed by atoms with van der Waals surface area (Å²) in [6.07, 6.45) is 3.58. The van der Waals surface area contributed by atoms with Crippen LogP contribution in [0.3, 0.4) is 0 Å². The maximum absolute atomic E-state index is 11.0. The van der Waals surface area contributed by atoms with Crippen LogP contribution in [-0.2, 0) is 4.74 Å². The minimum absolute atomic E-state index is 0.0249. The molecule has 0 unspecified atom stereocenters. The first-order valence-corrected chi connectivity index (χ1v) is 6.60. The van der Waals surface area contributed by atoms with Gasteiger partial charge in [0.2, 0.25) is 5.95 Å². The molecule has 19 heavy (non-hydrogen) atoms. The Balaban J connectivity index is 1.76. The summed E-state index contributed by atoms with van der Waals surface area (Å²) < 4.78 is 5.74.